The van der Waals surface area contributed by atoms with E-state index in [-0.39, 0.29) is 6.03 Å². The van der Waals surface area contributed by atoms with Crippen LogP contribution in [0.5, 0.6) is 0 Å². The van der Waals surface area contributed by atoms with Gasteiger partial charge in [-0.3, -0.25) is 0 Å². The van der Waals surface area contributed by atoms with Gasteiger partial charge in [0, 0.05) is 31.5 Å². The molecule has 5 nitrogen and oxygen atoms in total. The molecule has 0 fully saturated rings. The van der Waals surface area contributed by atoms with Crippen LogP contribution in [0.4, 0.5) is 16.2 Å². The zero-order valence-electron chi connectivity index (χ0n) is 11.4. The van der Waals surface area contributed by atoms with Crippen molar-refractivity contribution in [3.63, 3.8) is 0 Å². The molecule has 1 aromatic rings. The zero-order chi connectivity index (χ0) is 13.8. The van der Waals surface area contributed by atoms with Gasteiger partial charge in [0.15, 0.2) is 0 Å². The molecule has 0 radical (unpaired) electrons. The lowest BCUT2D eigenvalue weighted by Crippen LogP contribution is -2.30. The van der Waals surface area contributed by atoms with Crippen LogP contribution in [0.25, 0.3) is 0 Å². The molecule has 5 heteroatoms. The molecule has 1 aromatic carbocycles. The van der Waals surface area contributed by atoms with Crippen LogP contribution in [0.15, 0.2) is 18.2 Å². The molecule has 19 heavy (non-hydrogen) atoms. The van der Waals surface area contributed by atoms with Gasteiger partial charge in [-0.2, -0.15) is 0 Å². The third-order valence-electron chi connectivity index (χ3n) is 3.32. The number of hydrogen-bond acceptors (Lipinski definition) is 3. The van der Waals surface area contributed by atoms with Crippen molar-refractivity contribution in [2.45, 2.75) is 25.9 Å². The van der Waals surface area contributed by atoms with Crippen LogP contribution in [0.1, 0.15) is 18.9 Å². The van der Waals surface area contributed by atoms with Crippen molar-refractivity contribution < 1.29 is 9.90 Å². The summed E-state index contributed by atoms with van der Waals surface area (Å²) in [6.45, 7) is 3.20. The molecule has 1 heterocycles. The molecule has 0 aliphatic carbocycles. The summed E-state index contributed by atoms with van der Waals surface area (Å²) < 4.78 is 0. The van der Waals surface area contributed by atoms with Crippen LogP contribution in [0, 0.1) is 0 Å². The molecule has 0 bridgehead atoms. The lowest BCUT2D eigenvalue weighted by molar-refractivity contribution is 0.184. The monoisotopic (exact) mass is 263 g/mol. The summed E-state index contributed by atoms with van der Waals surface area (Å²) in [4.78, 5) is 13.8. The molecule has 1 aliphatic rings. The number of carbonyl (C=O) groups excluding carboxylic acids is 1. The number of likely N-dealkylation sites (N-methyl/N-ethyl adjacent to an activating group) is 1. The number of aliphatic hydroxyl groups excluding tert-OH is 1. The first-order chi connectivity index (χ1) is 9.06. The molecule has 2 rings (SSSR count). The number of rotatable bonds is 4. The Morgan fingerprint density at radius 2 is 2.32 bits per heavy atom. The van der Waals surface area contributed by atoms with Gasteiger partial charge in [-0.15, -0.1) is 0 Å². The average Bonchev–Trinajstić information content (AvgIpc) is 2.70. The number of benzene rings is 1. The van der Waals surface area contributed by atoms with Gasteiger partial charge in [-0.05, 0) is 37.5 Å². The fourth-order valence-corrected chi connectivity index (χ4v) is 2.19. The van der Waals surface area contributed by atoms with Gasteiger partial charge in [0.1, 0.15) is 0 Å². The molecule has 0 saturated heterocycles. The smallest absolute Gasteiger partial charge is 0.319 e. The Balaban J connectivity index is 1.89. The van der Waals surface area contributed by atoms with E-state index in [1.54, 1.807) is 6.92 Å². The maximum Gasteiger partial charge on any atom is 0.319 e. The van der Waals surface area contributed by atoms with Crippen molar-refractivity contribution >= 4 is 17.4 Å². The third kappa shape index (κ3) is 3.61. The lowest BCUT2D eigenvalue weighted by atomic mass is 10.1. The molecular formula is C14H21N3O2. The summed E-state index contributed by atoms with van der Waals surface area (Å²) in [5.74, 6) is 0. The Labute approximate surface area is 113 Å². The maximum atomic E-state index is 11.7. The van der Waals surface area contributed by atoms with E-state index in [1.165, 1.54) is 11.3 Å². The van der Waals surface area contributed by atoms with E-state index >= 15 is 0 Å². The normalized spacial score (nSPS) is 15.0. The van der Waals surface area contributed by atoms with E-state index < -0.39 is 6.10 Å². The number of aliphatic hydroxyl groups is 1. The number of hydrogen-bond donors (Lipinski definition) is 3. The first kappa shape index (κ1) is 13.7. The van der Waals surface area contributed by atoms with Gasteiger partial charge in [0.25, 0.3) is 0 Å². The van der Waals surface area contributed by atoms with Gasteiger partial charge in [0.05, 0.1) is 6.10 Å². The molecule has 104 valence electrons. The van der Waals surface area contributed by atoms with Crippen LogP contribution < -0.4 is 15.5 Å². The SMILES string of the molecule is CC(O)CCNC(=O)Nc1ccc2c(c1)N(C)CC2. The van der Waals surface area contributed by atoms with E-state index in [9.17, 15) is 4.79 Å². The zero-order valence-corrected chi connectivity index (χ0v) is 11.4. The second-order valence-corrected chi connectivity index (χ2v) is 5.03. The molecule has 1 aliphatic heterocycles. The molecule has 0 saturated carbocycles. The summed E-state index contributed by atoms with van der Waals surface area (Å²) in [7, 11) is 2.05. The average molecular weight is 263 g/mol. The highest BCUT2D eigenvalue weighted by molar-refractivity contribution is 5.90. The lowest BCUT2D eigenvalue weighted by Gasteiger charge is -2.14. The molecule has 3 N–H and O–H groups in total. The summed E-state index contributed by atoms with van der Waals surface area (Å²) in [5, 5.41) is 14.6. The van der Waals surface area contributed by atoms with Gasteiger partial charge in [0.2, 0.25) is 0 Å². The Kier molecular flexibility index (Phi) is 4.27. The van der Waals surface area contributed by atoms with Crippen LogP contribution in [0.2, 0.25) is 0 Å². The van der Waals surface area contributed by atoms with Gasteiger partial charge < -0.3 is 20.6 Å². The number of nitrogens with zero attached hydrogens (tertiary/aromatic N) is 1. The quantitative estimate of drug-likeness (QED) is 0.772. The Bertz CT molecular complexity index is 460. The van der Waals surface area contributed by atoms with Gasteiger partial charge >= 0.3 is 6.03 Å². The Morgan fingerprint density at radius 3 is 3.05 bits per heavy atom. The van der Waals surface area contributed by atoms with Gasteiger partial charge in [-0.25, -0.2) is 4.79 Å². The second-order valence-electron chi connectivity index (χ2n) is 5.03. The first-order valence-electron chi connectivity index (χ1n) is 6.63. The molecule has 0 aromatic heterocycles. The highest BCUT2D eigenvalue weighted by Gasteiger charge is 2.16. The van der Waals surface area contributed by atoms with Crippen molar-refractivity contribution in [2.24, 2.45) is 0 Å². The molecule has 1 unspecified atom stereocenters. The highest BCUT2D eigenvalue weighted by Crippen LogP contribution is 2.29. The number of carbonyl (C=O) groups is 1. The minimum absolute atomic E-state index is 0.235. The van der Waals surface area contributed by atoms with E-state index in [0.717, 1.165) is 18.7 Å². The summed E-state index contributed by atoms with van der Waals surface area (Å²) >= 11 is 0. The fourth-order valence-electron chi connectivity index (χ4n) is 2.19. The predicted octanol–water partition coefficient (Wildman–Crippen LogP) is 1.57. The second kappa shape index (κ2) is 5.93. The Hall–Kier alpha value is -1.75. The molecule has 1 atom stereocenters. The maximum absolute atomic E-state index is 11.7. The minimum Gasteiger partial charge on any atom is -0.393 e. The summed E-state index contributed by atoms with van der Waals surface area (Å²) in [5.41, 5.74) is 3.30. The van der Waals surface area contributed by atoms with E-state index in [2.05, 4.69) is 28.6 Å². The standard InChI is InChI=1S/C14H21N3O2/c1-10(18)5-7-15-14(19)16-12-4-3-11-6-8-17(2)13(11)9-12/h3-4,9-10,18H,5-8H2,1-2H3,(H2,15,16,19). The molecular weight excluding hydrogens is 242 g/mol. The van der Waals surface area contributed by atoms with Crippen molar-refractivity contribution in [1.29, 1.82) is 0 Å². The van der Waals surface area contributed by atoms with Crippen molar-refractivity contribution in [2.75, 3.05) is 30.4 Å². The van der Waals surface area contributed by atoms with Crippen LogP contribution in [0.3, 0.4) is 0 Å². The van der Waals surface area contributed by atoms with Gasteiger partial charge in [-0.1, -0.05) is 6.07 Å². The third-order valence-corrected chi connectivity index (χ3v) is 3.32. The number of amides is 2. The number of nitrogens with one attached hydrogen (secondary N) is 2. The highest BCUT2D eigenvalue weighted by atomic mass is 16.3. The first-order valence-corrected chi connectivity index (χ1v) is 6.63. The van der Waals surface area contributed by atoms with Crippen LogP contribution >= 0.6 is 0 Å². The number of anilines is 2. The van der Waals surface area contributed by atoms with Crippen molar-refractivity contribution in [3.05, 3.63) is 23.8 Å². The predicted molar refractivity (Wildman–Crippen MR) is 76.7 cm³/mol. The molecule has 0 spiro atoms. The van der Waals surface area contributed by atoms with E-state index in [1.807, 2.05) is 12.1 Å². The van der Waals surface area contributed by atoms with Crippen LogP contribution in [-0.4, -0.2) is 37.4 Å². The Morgan fingerprint density at radius 1 is 1.53 bits per heavy atom. The minimum atomic E-state index is -0.394. The van der Waals surface area contributed by atoms with Crippen molar-refractivity contribution in [3.8, 4) is 0 Å². The topological polar surface area (TPSA) is 64.6 Å². The molecule has 2 amide bonds. The summed E-state index contributed by atoms with van der Waals surface area (Å²) in [6.07, 6.45) is 1.22. The number of urea groups is 1. The van der Waals surface area contributed by atoms with Crippen molar-refractivity contribution in [1.82, 2.24) is 5.32 Å². The van der Waals surface area contributed by atoms with E-state index in [0.29, 0.717) is 13.0 Å². The number of fused-ring (bicyclic) bond motifs is 1. The van der Waals surface area contributed by atoms with Crippen LogP contribution in [-0.2, 0) is 6.42 Å². The fraction of sp³-hybridized carbons (Fsp3) is 0.500. The van der Waals surface area contributed by atoms with E-state index in [4.69, 9.17) is 5.11 Å². The largest absolute Gasteiger partial charge is 0.393 e. The summed E-state index contributed by atoms with van der Waals surface area (Å²) in [6, 6.07) is 5.74.